The molecule has 1 saturated carbocycles. The van der Waals surface area contributed by atoms with Crippen molar-refractivity contribution in [3.63, 3.8) is 0 Å². The molecule has 0 aliphatic heterocycles. The lowest BCUT2D eigenvalue weighted by atomic mass is 10.1. The number of amides is 1. The zero-order chi connectivity index (χ0) is 21.6. The zero-order valence-electron chi connectivity index (χ0n) is 17.3. The molecule has 158 valence electrons. The fraction of sp³-hybridized carbons (Fsp3) is 0.429. The number of hydrogen-bond donors (Lipinski definition) is 2. The van der Waals surface area contributed by atoms with Gasteiger partial charge in [-0.3, -0.25) is 4.79 Å². The van der Waals surface area contributed by atoms with Crippen LogP contribution in [0.1, 0.15) is 52.4 Å². The summed E-state index contributed by atoms with van der Waals surface area (Å²) >= 11 is 0. The van der Waals surface area contributed by atoms with Crippen molar-refractivity contribution < 1.29 is 13.6 Å². The van der Waals surface area contributed by atoms with E-state index in [0.717, 1.165) is 30.7 Å². The first-order valence-electron chi connectivity index (χ1n) is 9.94. The number of rotatable bonds is 6. The Labute approximate surface area is 172 Å². The number of nitrogens with zero attached hydrogens (tertiary/aromatic N) is 4. The van der Waals surface area contributed by atoms with Gasteiger partial charge in [0.05, 0.1) is 17.4 Å². The van der Waals surface area contributed by atoms with E-state index in [0.29, 0.717) is 28.9 Å². The molecular weight excluding hydrogens is 390 g/mol. The second-order valence-electron chi connectivity index (χ2n) is 8.10. The van der Waals surface area contributed by atoms with Crippen molar-refractivity contribution in [2.24, 2.45) is 0 Å². The van der Waals surface area contributed by atoms with E-state index in [1.807, 2.05) is 20.0 Å². The molecule has 0 bridgehead atoms. The Morgan fingerprint density at radius 1 is 1.23 bits per heavy atom. The van der Waals surface area contributed by atoms with E-state index >= 15 is 0 Å². The summed E-state index contributed by atoms with van der Waals surface area (Å²) in [5, 5.41) is 6.56. The number of nitrogens with one attached hydrogen (secondary N) is 2. The minimum atomic E-state index is -3.18. The Balaban J connectivity index is 1.92. The van der Waals surface area contributed by atoms with Gasteiger partial charge in [-0.1, -0.05) is 0 Å². The third-order valence-corrected chi connectivity index (χ3v) is 4.80. The Morgan fingerprint density at radius 2 is 1.97 bits per heavy atom. The van der Waals surface area contributed by atoms with Crippen molar-refractivity contribution in [2.75, 3.05) is 10.6 Å². The number of halogens is 2. The maximum atomic E-state index is 14.1. The molecule has 2 N–H and O–H groups in total. The predicted octanol–water partition coefficient (Wildman–Crippen LogP) is 4.72. The van der Waals surface area contributed by atoms with E-state index < -0.39 is 11.7 Å². The Morgan fingerprint density at radius 3 is 2.57 bits per heavy atom. The third kappa shape index (κ3) is 4.10. The summed E-state index contributed by atoms with van der Waals surface area (Å²) in [6.07, 6.45) is 5.74. The molecule has 1 aliphatic rings. The van der Waals surface area contributed by atoms with Crippen molar-refractivity contribution in [3.05, 3.63) is 30.4 Å². The van der Waals surface area contributed by atoms with E-state index in [1.54, 1.807) is 18.3 Å². The highest BCUT2D eigenvalue weighted by atomic mass is 19.3. The van der Waals surface area contributed by atoms with Gasteiger partial charge in [0.15, 0.2) is 0 Å². The number of hydrogen-bond acceptors (Lipinski definition) is 5. The number of anilines is 2. The molecule has 0 aromatic carbocycles. The van der Waals surface area contributed by atoms with Crippen LogP contribution in [0, 0.1) is 0 Å². The van der Waals surface area contributed by atoms with Gasteiger partial charge in [-0.2, -0.15) is 8.78 Å². The van der Waals surface area contributed by atoms with Crippen LogP contribution in [0.2, 0.25) is 0 Å². The van der Waals surface area contributed by atoms with Crippen LogP contribution in [-0.2, 0) is 10.7 Å². The van der Waals surface area contributed by atoms with Gasteiger partial charge >= 0.3 is 5.92 Å². The molecule has 3 aromatic heterocycles. The number of fused-ring (bicyclic) bond motifs is 1. The number of carbonyl (C=O) groups excluding carboxylic acids is 1. The number of alkyl halides is 2. The van der Waals surface area contributed by atoms with Gasteiger partial charge in [0.2, 0.25) is 11.7 Å². The van der Waals surface area contributed by atoms with Crippen LogP contribution in [0.4, 0.5) is 20.4 Å². The normalized spacial score (nSPS) is 14.4. The van der Waals surface area contributed by atoms with Crippen molar-refractivity contribution in [3.8, 4) is 11.3 Å². The molecule has 30 heavy (non-hydrogen) atoms. The van der Waals surface area contributed by atoms with Crippen LogP contribution >= 0.6 is 0 Å². The van der Waals surface area contributed by atoms with Gasteiger partial charge in [-0.15, -0.1) is 0 Å². The molecule has 3 heterocycles. The Hall–Kier alpha value is -3.10. The topological polar surface area (TPSA) is 84.7 Å². The summed E-state index contributed by atoms with van der Waals surface area (Å²) in [5.74, 6) is -3.20. The summed E-state index contributed by atoms with van der Waals surface area (Å²) in [6, 6.07) is 3.82. The lowest BCUT2D eigenvalue weighted by Gasteiger charge is -2.15. The van der Waals surface area contributed by atoms with E-state index in [4.69, 9.17) is 0 Å². The lowest BCUT2D eigenvalue weighted by molar-refractivity contribution is -0.114. The van der Waals surface area contributed by atoms with E-state index in [9.17, 15) is 13.6 Å². The third-order valence-electron chi connectivity index (χ3n) is 4.80. The molecular formula is C21H24F2N6O. The summed E-state index contributed by atoms with van der Waals surface area (Å²) < 4.78 is 30.3. The minimum absolute atomic E-state index is 0.0226. The second kappa shape index (κ2) is 7.30. The maximum absolute atomic E-state index is 14.1. The molecule has 0 atom stereocenters. The standard InChI is InChI=1S/C21H24F2N6O/c1-11(2)25-19-8-16(27-20(28-19)21(4,22)23)15-10-29(13-5-6-13)17-9-24-18(7-14(15)17)26-12(3)30/h7-11,13H,5-6H2,1-4H3,(H,24,26,30)(H,25,27,28). The first kappa shape index (κ1) is 20.2. The van der Waals surface area contributed by atoms with Gasteiger partial charge in [0.1, 0.15) is 11.6 Å². The molecule has 1 fully saturated rings. The maximum Gasteiger partial charge on any atom is 0.303 e. The van der Waals surface area contributed by atoms with Crippen molar-refractivity contribution in [1.29, 1.82) is 0 Å². The number of pyridine rings is 1. The van der Waals surface area contributed by atoms with Gasteiger partial charge in [0.25, 0.3) is 0 Å². The lowest BCUT2D eigenvalue weighted by Crippen LogP contribution is -2.17. The van der Waals surface area contributed by atoms with Crippen LogP contribution in [0.25, 0.3) is 22.2 Å². The highest BCUT2D eigenvalue weighted by molar-refractivity contribution is 5.98. The molecule has 0 unspecified atom stereocenters. The zero-order valence-corrected chi connectivity index (χ0v) is 17.3. The van der Waals surface area contributed by atoms with Gasteiger partial charge in [-0.25, -0.2) is 15.0 Å². The SMILES string of the molecule is CC(=O)Nc1cc2c(-c3cc(NC(C)C)nc(C(C)(F)F)n3)cn(C3CC3)c2cn1. The van der Waals surface area contributed by atoms with Gasteiger partial charge < -0.3 is 15.2 Å². The van der Waals surface area contributed by atoms with Crippen molar-refractivity contribution >= 4 is 28.4 Å². The molecule has 0 radical (unpaired) electrons. The van der Waals surface area contributed by atoms with Crippen molar-refractivity contribution in [2.45, 2.75) is 58.5 Å². The van der Waals surface area contributed by atoms with Crippen LogP contribution in [0.5, 0.6) is 0 Å². The smallest absolute Gasteiger partial charge is 0.303 e. The van der Waals surface area contributed by atoms with Crippen LogP contribution < -0.4 is 10.6 Å². The Kier molecular flexibility index (Phi) is 4.91. The van der Waals surface area contributed by atoms with Crippen LogP contribution in [-0.4, -0.2) is 31.5 Å². The average molecular weight is 414 g/mol. The first-order chi connectivity index (χ1) is 14.1. The molecule has 1 aliphatic carbocycles. The highest BCUT2D eigenvalue weighted by Gasteiger charge is 2.31. The highest BCUT2D eigenvalue weighted by Crippen LogP contribution is 2.42. The van der Waals surface area contributed by atoms with E-state index in [2.05, 4.69) is 30.2 Å². The molecule has 0 spiro atoms. The average Bonchev–Trinajstić information content (AvgIpc) is 3.40. The largest absolute Gasteiger partial charge is 0.368 e. The van der Waals surface area contributed by atoms with Crippen LogP contribution in [0.15, 0.2) is 24.5 Å². The van der Waals surface area contributed by atoms with Crippen LogP contribution in [0.3, 0.4) is 0 Å². The second-order valence-corrected chi connectivity index (χ2v) is 8.10. The minimum Gasteiger partial charge on any atom is -0.368 e. The molecule has 9 heteroatoms. The number of aromatic nitrogens is 4. The molecule has 7 nitrogen and oxygen atoms in total. The Bertz CT molecular complexity index is 1110. The molecule has 1 amide bonds. The first-order valence-corrected chi connectivity index (χ1v) is 9.94. The summed E-state index contributed by atoms with van der Waals surface area (Å²) in [5.41, 5.74) is 1.98. The van der Waals surface area contributed by atoms with Gasteiger partial charge in [0, 0.05) is 49.1 Å². The van der Waals surface area contributed by atoms with Crippen molar-refractivity contribution in [1.82, 2.24) is 19.5 Å². The molecule has 0 saturated heterocycles. The summed E-state index contributed by atoms with van der Waals surface area (Å²) in [7, 11) is 0. The fourth-order valence-corrected chi connectivity index (χ4v) is 3.41. The fourth-order valence-electron chi connectivity index (χ4n) is 3.41. The summed E-state index contributed by atoms with van der Waals surface area (Å²) in [6.45, 7) is 6.02. The predicted molar refractivity (Wildman–Crippen MR) is 112 cm³/mol. The van der Waals surface area contributed by atoms with E-state index in [-0.39, 0.29) is 11.9 Å². The molecule has 3 aromatic rings. The molecule has 4 rings (SSSR count). The van der Waals surface area contributed by atoms with E-state index in [1.165, 1.54) is 6.92 Å². The number of carbonyl (C=O) groups is 1. The quantitative estimate of drug-likeness (QED) is 0.610. The summed E-state index contributed by atoms with van der Waals surface area (Å²) in [4.78, 5) is 24.0. The monoisotopic (exact) mass is 414 g/mol. The van der Waals surface area contributed by atoms with Gasteiger partial charge in [-0.05, 0) is 32.8 Å².